The number of hydrogen-bond acceptors (Lipinski definition) is 5. The maximum Gasteiger partial charge on any atom is 0.222 e. The second-order valence-electron chi connectivity index (χ2n) is 5.20. The maximum atomic E-state index is 6.20. The number of aryl methyl sites for hydroxylation is 1. The van der Waals surface area contributed by atoms with E-state index in [4.69, 9.17) is 10.6 Å². The van der Waals surface area contributed by atoms with E-state index in [9.17, 15) is 0 Å². The Balaban J connectivity index is 1.92. The molecule has 2 aromatic rings. The first-order valence-corrected chi connectivity index (χ1v) is 7.38. The van der Waals surface area contributed by atoms with Crippen LogP contribution in [-0.2, 0) is 12.8 Å². The summed E-state index contributed by atoms with van der Waals surface area (Å²) in [5, 5.41) is 0. The Bertz CT molecular complexity index is 629. The van der Waals surface area contributed by atoms with E-state index in [0.717, 1.165) is 31.2 Å². The zero-order valence-electron chi connectivity index (χ0n) is 12.2. The number of anilines is 1. The highest BCUT2D eigenvalue weighted by atomic mass is 16.5. The van der Waals surface area contributed by atoms with Gasteiger partial charge in [-0.25, -0.2) is 15.8 Å². The van der Waals surface area contributed by atoms with E-state index in [1.165, 1.54) is 17.5 Å². The quantitative estimate of drug-likeness (QED) is 0.667. The normalized spacial score (nSPS) is 17.1. The lowest BCUT2D eigenvalue weighted by Crippen LogP contribution is -2.18. The van der Waals surface area contributed by atoms with Crippen LogP contribution in [0.4, 0.5) is 5.82 Å². The molecule has 0 bridgehead atoms. The van der Waals surface area contributed by atoms with E-state index < -0.39 is 0 Å². The van der Waals surface area contributed by atoms with Crippen LogP contribution in [0.15, 0.2) is 30.6 Å². The lowest BCUT2D eigenvalue weighted by Gasteiger charge is -2.26. The summed E-state index contributed by atoms with van der Waals surface area (Å²) >= 11 is 0. The summed E-state index contributed by atoms with van der Waals surface area (Å²) in [6.07, 6.45) is 5.57. The number of ether oxygens (including phenoxy) is 1. The van der Waals surface area contributed by atoms with Gasteiger partial charge in [-0.3, -0.25) is 0 Å². The zero-order chi connectivity index (χ0) is 14.7. The second-order valence-corrected chi connectivity index (χ2v) is 5.20. The average Bonchev–Trinajstić information content (AvgIpc) is 2.55. The smallest absolute Gasteiger partial charge is 0.222 e. The van der Waals surface area contributed by atoms with Gasteiger partial charge in [-0.05, 0) is 36.8 Å². The number of nitrogens with one attached hydrogen (secondary N) is 1. The van der Waals surface area contributed by atoms with Crippen molar-refractivity contribution in [3.05, 3.63) is 47.3 Å². The highest BCUT2D eigenvalue weighted by Gasteiger charge is 2.23. The van der Waals surface area contributed by atoms with Crippen LogP contribution in [0.25, 0.3) is 0 Å². The molecule has 1 aromatic carbocycles. The molecule has 0 amide bonds. The van der Waals surface area contributed by atoms with Crippen LogP contribution in [0.3, 0.4) is 0 Å². The largest absolute Gasteiger partial charge is 0.469 e. The van der Waals surface area contributed by atoms with E-state index in [-0.39, 0.29) is 6.10 Å². The molecule has 1 aromatic heterocycles. The summed E-state index contributed by atoms with van der Waals surface area (Å²) in [5.74, 6) is 6.77. The van der Waals surface area contributed by atoms with Crippen molar-refractivity contribution in [2.24, 2.45) is 5.84 Å². The van der Waals surface area contributed by atoms with E-state index in [1.54, 1.807) is 0 Å². The zero-order valence-corrected chi connectivity index (χ0v) is 12.2. The second kappa shape index (κ2) is 6.10. The third kappa shape index (κ3) is 2.69. The minimum Gasteiger partial charge on any atom is -0.469 e. The molecule has 3 N–H and O–H groups in total. The minimum absolute atomic E-state index is 0.0563. The van der Waals surface area contributed by atoms with Crippen LogP contribution >= 0.6 is 0 Å². The monoisotopic (exact) mass is 284 g/mol. The lowest BCUT2D eigenvalue weighted by atomic mass is 9.89. The third-order valence-corrected chi connectivity index (χ3v) is 3.96. The molecule has 5 heteroatoms. The predicted molar refractivity (Wildman–Crippen MR) is 82.0 cm³/mol. The number of fused-ring (bicyclic) bond motifs is 1. The van der Waals surface area contributed by atoms with Crippen molar-refractivity contribution in [3.8, 4) is 5.88 Å². The molecule has 1 heterocycles. The molecule has 0 aliphatic heterocycles. The van der Waals surface area contributed by atoms with Crippen molar-refractivity contribution in [2.75, 3.05) is 5.43 Å². The van der Waals surface area contributed by atoms with Gasteiger partial charge < -0.3 is 10.2 Å². The van der Waals surface area contributed by atoms with Gasteiger partial charge in [0.05, 0.1) is 5.56 Å². The molecule has 1 unspecified atom stereocenters. The topological polar surface area (TPSA) is 73.1 Å². The fourth-order valence-corrected chi connectivity index (χ4v) is 2.91. The Kier molecular flexibility index (Phi) is 4.01. The molecular weight excluding hydrogens is 264 g/mol. The molecule has 0 spiro atoms. The predicted octanol–water partition coefficient (Wildman–Crippen LogP) is 2.78. The van der Waals surface area contributed by atoms with Crippen molar-refractivity contribution < 1.29 is 4.74 Å². The first-order chi connectivity index (χ1) is 10.3. The Labute approximate surface area is 124 Å². The summed E-state index contributed by atoms with van der Waals surface area (Å²) in [4.78, 5) is 8.44. The molecule has 1 atom stereocenters. The highest BCUT2D eigenvalue weighted by molar-refractivity contribution is 5.48. The number of hydrogen-bond donors (Lipinski definition) is 2. The first-order valence-electron chi connectivity index (χ1n) is 7.38. The Morgan fingerprint density at radius 1 is 1.33 bits per heavy atom. The van der Waals surface area contributed by atoms with E-state index in [1.807, 2.05) is 6.92 Å². The van der Waals surface area contributed by atoms with Crippen LogP contribution < -0.4 is 16.0 Å². The van der Waals surface area contributed by atoms with Crippen molar-refractivity contribution in [1.29, 1.82) is 0 Å². The fraction of sp³-hybridized carbons (Fsp3) is 0.375. The van der Waals surface area contributed by atoms with Crippen molar-refractivity contribution in [2.45, 2.75) is 38.7 Å². The average molecular weight is 284 g/mol. The minimum atomic E-state index is 0.0563. The first kappa shape index (κ1) is 13.8. The van der Waals surface area contributed by atoms with Crippen molar-refractivity contribution >= 4 is 5.82 Å². The van der Waals surface area contributed by atoms with Gasteiger partial charge in [0.2, 0.25) is 5.88 Å². The highest BCUT2D eigenvalue weighted by Crippen LogP contribution is 2.34. The third-order valence-electron chi connectivity index (χ3n) is 3.96. The van der Waals surface area contributed by atoms with Crippen molar-refractivity contribution in [1.82, 2.24) is 9.97 Å². The summed E-state index contributed by atoms with van der Waals surface area (Å²) in [7, 11) is 0. The van der Waals surface area contributed by atoms with Crippen LogP contribution in [0.2, 0.25) is 0 Å². The Morgan fingerprint density at radius 3 is 3.00 bits per heavy atom. The van der Waals surface area contributed by atoms with Gasteiger partial charge in [0, 0.05) is 0 Å². The van der Waals surface area contributed by atoms with Crippen LogP contribution in [0.5, 0.6) is 5.88 Å². The molecule has 0 fully saturated rings. The summed E-state index contributed by atoms with van der Waals surface area (Å²) < 4.78 is 6.20. The Hall–Kier alpha value is -2.14. The van der Waals surface area contributed by atoms with Gasteiger partial charge in [0.25, 0.3) is 0 Å². The summed E-state index contributed by atoms with van der Waals surface area (Å²) in [5.41, 5.74) is 6.17. The molecule has 21 heavy (non-hydrogen) atoms. The molecule has 3 rings (SSSR count). The molecule has 0 saturated carbocycles. The number of nitrogens with two attached hydrogens (primary N) is 1. The summed E-state index contributed by atoms with van der Waals surface area (Å²) in [6, 6.07) is 8.47. The van der Waals surface area contributed by atoms with Gasteiger partial charge in [0.15, 0.2) is 0 Å². The molecular formula is C16H20N4O. The van der Waals surface area contributed by atoms with Gasteiger partial charge in [0.1, 0.15) is 18.2 Å². The standard InChI is InChI=1S/C16H20N4O/c1-2-12-15(20-17)18-10-19-16(12)21-14-9-5-7-11-6-3-4-8-13(11)14/h3-4,6,8,10,14H,2,5,7,9,17H2,1H3,(H,18,19,20). The molecule has 1 aliphatic rings. The van der Waals surface area contributed by atoms with Gasteiger partial charge in [-0.15, -0.1) is 0 Å². The number of rotatable bonds is 4. The van der Waals surface area contributed by atoms with Gasteiger partial charge in [-0.2, -0.15) is 0 Å². The van der Waals surface area contributed by atoms with E-state index in [0.29, 0.717) is 11.7 Å². The van der Waals surface area contributed by atoms with Crippen LogP contribution in [0, 0.1) is 0 Å². The van der Waals surface area contributed by atoms with Crippen molar-refractivity contribution in [3.63, 3.8) is 0 Å². The maximum absolute atomic E-state index is 6.20. The van der Waals surface area contributed by atoms with Crippen LogP contribution in [0.1, 0.15) is 42.6 Å². The molecule has 110 valence electrons. The lowest BCUT2D eigenvalue weighted by molar-refractivity contribution is 0.174. The SMILES string of the molecule is CCc1c(NN)ncnc1OC1CCCc2ccccc21. The van der Waals surface area contributed by atoms with Crippen LogP contribution in [-0.4, -0.2) is 9.97 Å². The van der Waals surface area contributed by atoms with E-state index in [2.05, 4.69) is 39.7 Å². The number of aromatic nitrogens is 2. The fourth-order valence-electron chi connectivity index (χ4n) is 2.91. The summed E-state index contributed by atoms with van der Waals surface area (Å²) in [6.45, 7) is 2.04. The van der Waals surface area contributed by atoms with Gasteiger partial charge >= 0.3 is 0 Å². The van der Waals surface area contributed by atoms with E-state index >= 15 is 0 Å². The number of nitrogens with zero attached hydrogens (tertiary/aromatic N) is 2. The molecule has 0 saturated heterocycles. The Morgan fingerprint density at radius 2 is 2.19 bits per heavy atom. The molecule has 1 aliphatic carbocycles. The number of hydrazine groups is 1. The molecule has 0 radical (unpaired) electrons. The number of benzene rings is 1. The van der Waals surface area contributed by atoms with Gasteiger partial charge in [-0.1, -0.05) is 31.2 Å². The number of nitrogen functional groups attached to an aromatic ring is 1. The molecule has 5 nitrogen and oxygen atoms in total.